The van der Waals surface area contributed by atoms with Crippen LogP contribution in [0.2, 0.25) is 0 Å². The van der Waals surface area contributed by atoms with Crippen molar-refractivity contribution in [3.63, 3.8) is 0 Å². The van der Waals surface area contributed by atoms with Gasteiger partial charge in [-0.05, 0) is 24.5 Å². The summed E-state index contributed by atoms with van der Waals surface area (Å²) in [4.78, 5) is 2.76. The van der Waals surface area contributed by atoms with Crippen LogP contribution in [0.5, 0.6) is 0 Å². The molecule has 1 heteroatoms. The zero-order valence-electron chi connectivity index (χ0n) is 16.4. The van der Waals surface area contributed by atoms with Crippen molar-refractivity contribution in [2.45, 2.75) is 103 Å². The molecule has 0 amide bonds. The zero-order chi connectivity index (χ0) is 17.2. The molecule has 0 bridgehead atoms. The fourth-order valence-corrected chi connectivity index (χ4v) is 4.25. The first-order valence-corrected chi connectivity index (χ1v) is 10.6. The summed E-state index contributed by atoms with van der Waals surface area (Å²) in [6.07, 6.45) is 15.3. The lowest BCUT2D eigenvalue weighted by molar-refractivity contribution is 0.461. The Morgan fingerprint density at radius 3 is 2.12 bits per heavy atom. The van der Waals surface area contributed by atoms with Gasteiger partial charge in [0.15, 0.2) is 0 Å². The Morgan fingerprint density at radius 2 is 1.46 bits per heavy atom. The third kappa shape index (κ3) is 5.53. The summed E-state index contributed by atoms with van der Waals surface area (Å²) in [5.41, 5.74) is 3.10. The maximum absolute atomic E-state index is 2.76. The lowest BCUT2D eigenvalue weighted by atomic mass is 9.99. The average Bonchev–Trinajstić information content (AvgIpc) is 2.94. The molecule has 1 aromatic carbocycles. The molecule has 1 heterocycles. The van der Waals surface area contributed by atoms with Gasteiger partial charge in [0.1, 0.15) is 0 Å². The summed E-state index contributed by atoms with van der Waals surface area (Å²) in [5, 5.41) is 0. The van der Waals surface area contributed by atoms with E-state index in [1.807, 2.05) is 0 Å². The largest absolute Gasteiger partial charge is 0.368 e. The predicted octanol–water partition coefficient (Wildman–Crippen LogP) is 7.31. The first-order valence-electron chi connectivity index (χ1n) is 10.6. The third-order valence-electron chi connectivity index (χ3n) is 5.72. The van der Waals surface area contributed by atoms with Gasteiger partial charge < -0.3 is 4.90 Å². The van der Waals surface area contributed by atoms with Gasteiger partial charge in [0.2, 0.25) is 0 Å². The molecule has 2 atom stereocenters. The molecule has 0 aromatic heterocycles. The van der Waals surface area contributed by atoms with E-state index in [4.69, 9.17) is 0 Å². The lowest BCUT2D eigenvalue weighted by Crippen LogP contribution is -2.34. The molecule has 2 rings (SSSR count). The number of fused-ring (bicyclic) bond motifs is 1. The minimum atomic E-state index is 0.694. The van der Waals surface area contributed by atoms with Gasteiger partial charge in [0.05, 0.1) is 0 Å². The maximum atomic E-state index is 2.76. The van der Waals surface area contributed by atoms with Crippen LogP contribution < -0.4 is 4.90 Å². The van der Waals surface area contributed by atoms with Crippen LogP contribution >= 0.6 is 0 Å². The Hall–Kier alpha value is -0.980. The van der Waals surface area contributed by atoms with Crippen LogP contribution in [0, 0.1) is 0 Å². The molecule has 0 aliphatic carbocycles. The number of benzene rings is 1. The summed E-state index contributed by atoms with van der Waals surface area (Å²) in [6, 6.07) is 9.89. The summed E-state index contributed by atoms with van der Waals surface area (Å²) in [5.74, 6) is 0.694. The van der Waals surface area contributed by atoms with Crippen LogP contribution in [0.1, 0.15) is 103 Å². The van der Waals surface area contributed by atoms with Crippen molar-refractivity contribution in [1.29, 1.82) is 0 Å². The van der Waals surface area contributed by atoms with E-state index in [9.17, 15) is 0 Å². The molecule has 0 spiro atoms. The third-order valence-corrected chi connectivity index (χ3v) is 5.72. The summed E-state index contributed by atoms with van der Waals surface area (Å²) in [6.45, 7) is 8.24. The number of hydrogen-bond donors (Lipinski definition) is 0. The second-order valence-electron chi connectivity index (χ2n) is 7.82. The number of hydrogen-bond acceptors (Lipinski definition) is 1. The SMILES string of the molecule is CCCCCCCC(CCCCCC)N1CC(C)c2ccccc21. The van der Waals surface area contributed by atoms with E-state index in [2.05, 4.69) is 49.9 Å². The van der Waals surface area contributed by atoms with Gasteiger partial charge in [-0.3, -0.25) is 0 Å². The van der Waals surface area contributed by atoms with Crippen molar-refractivity contribution >= 4 is 5.69 Å². The highest BCUT2D eigenvalue weighted by Gasteiger charge is 2.29. The van der Waals surface area contributed by atoms with Crippen LogP contribution in [-0.2, 0) is 0 Å². The minimum absolute atomic E-state index is 0.694. The van der Waals surface area contributed by atoms with Gasteiger partial charge in [0, 0.05) is 24.2 Å². The van der Waals surface area contributed by atoms with Crippen LogP contribution in [0.15, 0.2) is 24.3 Å². The van der Waals surface area contributed by atoms with Gasteiger partial charge in [0.25, 0.3) is 0 Å². The van der Waals surface area contributed by atoms with Gasteiger partial charge in [-0.2, -0.15) is 0 Å². The maximum Gasteiger partial charge on any atom is 0.0404 e. The molecule has 0 saturated heterocycles. The fraction of sp³-hybridized carbons (Fsp3) is 0.739. The second-order valence-corrected chi connectivity index (χ2v) is 7.82. The quantitative estimate of drug-likeness (QED) is 0.363. The first-order chi connectivity index (χ1) is 11.8. The van der Waals surface area contributed by atoms with Crippen molar-refractivity contribution < 1.29 is 0 Å². The Morgan fingerprint density at radius 1 is 0.875 bits per heavy atom. The van der Waals surface area contributed by atoms with Gasteiger partial charge >= 0.3 is 0 Å². The minimum Gasteiger partial charge on any atom is -0.368 e. The molecule has 136 valence electrons. The highest BCUT2D eigenvalue weighted by molar-refractivity contribution is 5.60. The van der Waals surface area contributed by atoms with Crippen molar-refractivity contribution in [3.8, 4) is 0 Å². The Labute approximate surface area is 150 Å². The molecule has 0 saturated carbocycles. The second kappa shape index (κ2) is 10.8. The number of nitrogens with zero attached hydrogens (tertiary/aromatic N) is 1. The van der Waals surface area contributed by atoms with Crippen LogP contribution in [0.4, 0.5) is 5.69 Å². The van der Waals surface area contributed by atoms with E-state index < -0.39 is 0 Å². The zero-order valence-corrected chi connectivity index (χ0v) is 16.4. The van der Waals surface area contributed by atoms with Crippen molar-refractivity contribution in [2.75, 3.05) is 11.4 Å². The molecule has 2 unspecified atom stereocenters. The number of rotatable bonds is 12. The van der Waals surface area contributed by atoms with E-state index in [0.29, 0.717) is 5.92 Å². The number of unbranched alkanes of at least 4 members (excludes halogenated alkanes) is 7. The molecule has 1 nitrogen and oxygen atoms in total. The molecule has 1 aromatic rings. The fourth-order valence-electron chi connectivity index (χ4n) is 4.25. The van der Waals surface area contributed by atoms with Gasteiger partial charge in [-0.1, -0.05) is 96.8 Å². The van der Waals surface area contributed by atoms with E-state index in [-0.39, 0.29) is 0 Å². The molecule has 0 N–H and O–H groups in total. The highest BCUT2D eigenvalue weighted by Crippen LogP contribution is 2.38. The topological polar surface area (TPSA) is 3.24 Å². The lowest BCUT2D eigenvalue weighted by Gasteiger charge is -2.31. The van der Waals surface area contributed by atoms with Crippen molar-refractivity contribution in [2.24, 2.45) is 0 Å². The van der Waals surface area contributed by atoms with Gasteiger partial charge in [-0.15, -0.1) is 0 Å². The number of para-hydroxylation sites is 1. The van der Waals surface area contributed by atoms with E-state index in [1.54, 1.807) is 5.56 Å². The Bertz CT molecular complexity index is 453. The summed E-state index contributed by atoms with van der Waals surface area (Å²) >= 11 is 0. The highest BCUT2D eigenvalue weighted by atomic mass is 15.2. The van der Waals surface area contributed by atoms with E-state index >= 15 is 0 Å². The van der Waals surface area contributed by atoms with E-state index in [0.717, 1.165) is 6.04 Å². The van der Waals surface area contributed by atoms with Crippen LogP contribution in [-0.4, -0.2) is 12.6 Å². The Balaban J connectivity index is 1.94. The molecule has 1 aliphatic rings. The molecule has 0 radical (unpaired) electrons. The average molecular weight is 330 g/mol. The molecular formula is C23H39N. The van der Waals surface area contributed by atoms with Crippen molar-refractivity contribution in [3.05, 3.63) is 29.8 Å². The smallest absolute Gasteiger partial charge is 0.0404 e. The summed E-state index contributed by atoms with van der Waals surface area (Å²) in [7, 11) is 0. The molecule has 1 aliphatic heterocycles. The summed E-state index contributed by atoms with van der Waals surface area (Å²) < 4.78 is 0. The standard InChI is InChI=1S/C23H39N/c1-4-6-8-10-12-16-21(15-11-9-7-5-2)24-19-20(3)22-17-13-14-18-23(22)24/h13-14,17-18,20-21H,4-12,15-16,19H2,1-3H3. The monoisotopic (exact) mass is 329 g/mol. The van der Waals surface area contributed by atoms with Gasteiger partial charge in [-0.25, -0.2) is 0 Å². The normalized spacial score (nSPS) is 18.0. The molecule has 0 fully saturated rings. The van der Waals surface area contributed by atoms with Crippen LogP contribution in [0.25, 0.3) is 0 Å². The molecule has 24 heavy (non-hydrogen) atoms. The predicted molar refractivity (Wildman–Crippen MR) is 108 cm³/mol. The molecular weight excluding hydrogens is 290 g/mol. The van der Waals surface area contributed by atoms with Crippen molar-refractivity contribution in [1.82, 2.24) is 0 Å². The van der Waals surface area contributed by atoms with E-state index in [1.165, 1.54) is 82.9 Å². The Kier molecular flexibility index (Phi) is 8.70. The number of anilines is 1. The van der Waals surface area contributed by atoms with Crippen LogP contribution in [0.3, 0.4) is 0 Å². The first kappa shape index (κ1) is 19.3.